The highest BCUT2D eigenvalue weighted by atomic mass is 16.5. The van der Waals surface area contributed by atoms with Gasteiger partial charge >= 0.3 is 13.2 Å². The van der Waals surface area contributed by atoms with E-state index in [1.165, 1.54) is 0 Å². The van der Waals surface area contributed by atoms with Gasteiger partial charge in [-0.15, -0.1) is 0 Å². The highest BCUT2D eigenvalue weighted by Gasteiger charge is 2.30. The third-order valence-corrected chi connectivity index (χ3v) is 5.09. The van der Waals surface area contributed by atoms with Gasteiger partial charge in [-0.05, 0) is 23.1 Å². The molecule has 0 saturated carbocycles. The molecule has 0 aromatic heterocycles. The van der Waals surface area contributed by atoms with Crippen molar-refractivity contribution in [2.75, 3.05) is 0 Å². The van der Waals surface area contributed by atoms with E-state index in [0.717, 1.165) is 16.7 Å². The van der Waals surface area contributed by atoms with Crippen molar-refractivity contribution in [3.8, 4) is 0 Å². The number of carbonyl (C=O) groups is 2. The average molecular weight is 446 g/mol. The summed E-state index contributed by atoms with van der Waals surface area (Å²) in [6.45, 7) is 0.0678. The summed E-state index contributed by atoms with van der Waals surface area (Å²) in [4.78, 5) is 25.5. The first kappa shape index (κ1) is 24.0. The van der Waals surface area contributed by atoms with Gasteiger partial charge in [-0.1, -0.05) is 91.0 Å². The van der Waals surface area contributed by atoms with E-state index in [9.17, 15) is 19.6 Å². The van der Waals surface area contributed by atoms with E-state index in [4.69, 9.17) is 4.74 Å². The van der Waals surface area contributed by atoms with Crippen molar-refractivity contribution in [3.05, 3.63) is 108 Å². The van der Waals surface area contributed by atoms with Crippen LogP contribution in [-0.2, 0) is 29.0 Å². The van der Waals surface area contributed by atoms with Crippen LogP contribution in [0.3, 0.4) is 0 Å². The highest BCUT2D eigenvalue weighted by Crippen LogP contribution is 2.08. The fourth-order valence-corrected chi connectivity index (χ4v) is 3.35. The van der Waals surface area contributed by atoms with Crippen molar-refractivity contribution in [1.82, 2.24) is 10.6 Å². The summed E-state index contributed by atoms with van der Waals surface area (Å²) in [5, 5.41) is 24.9. The molecule has 0 aliphatic rings. The Hall–Kier alpha value is -3.62. The number of nitrogens with one attached hydrogen (secondary N) is 2. The van der Waals surface area contributed by atoms with Crippen molar-refractivity contribution >= 4 is 19.1 Å². The predicted molar refractivity (Wildman–Crippen MR) is 126 cm³/mol. The van der Waals surface area contributed by atoms with Gasteiger partial charge < -0.3 is 25.4 Å². The van der Waals surface area contributed by atoms with Crippen molar-refractivity contribution in [1.29, 1.82) is 0 Å². The second-order valence-electron chi connectivity index (χ2n) is 7.67. The number of hydrogen-bond acceptors (Lipinski definition) is 5. The topological polar surface area (TPSA) is 108 Å². The third kappa shape index (κ3) is 8.10. The molecule has 3 aromatic carbocycles. The average Bonchev–Trinajstić information content (AvgIpc) is 2.84. The lowest BCUT2D eigenvalue weighted by Crippen LogP contribution is -2.55. The Morgan fingerprint density at radius 1 is 0.727 bits per heavy atom. The summed E-state index contributed by atoms with van der Waals surface area (Å²) >= 11 is 0. The van der Waals surface area contributed by atoms with E-state index >= 15 is 0 Å². The van der Waals surface area contributed by atoms with E-state index in [-0.39, 0.29) is 19.4 Å². The van der Waals surface area contributed by atoms with Gasteiger partial charge in [-0.3, -0.25) is 4.79 Å². The SMILES string of the molecule is O=C(NC(Cc1ccccc1)C(=O)NC(Cc1ccccc1)B(O)O)OCc1ccccc1. The van der Waals surface area contributed by atoms with Crippen molar-refractivity contribution < 1.29 is 24.4 Å². The number of alkyl carbamates (subject to hydrolysis) is 1. The lowest BCUT2D eigenvalue weighted by Gasteiger charge is -2.23. The quantitative estimate of drug-likeness (QED) is 0.358. The van der Waals surface area contributed by atoms with Crippen LogP contribution in [0.25, 0.3) is 0 Å². The fourth-order valence-electron chi connectivity index (χ4n) is 3.35. The van der Waals surface area contributed by atoms with E-state index in [1.807, 2.05) is 91.0 Å². The van der Waals surface area contributed by atoms with E-state index in [1.54, 1.807) is 0 Å². The molecule has 0 fully saturated rings. The van der Waals surface area contributed by atoms with Crippen LogP contribution in [0.15, 0.2) is 91.0 Å². The first-order valence-corrected chi connectivity index (χ1v) is 10.7. The van der Waals surface area contributed by atoms with Crippen molar-refractivity contribution in [2.45, 2.75) is 31.4 Å². The van der Waals surface area contributed by atoms with Crippen LogP contribution in [0.2, 0.25) is 0 Å². The number of hydrogen-bond donors (Lipinski definition) is 4. The Bertz CT molecular complexity index is 1000. The molecule has 4 N–H and O–H groups in total. The Morgan fingerprint density at radius 3 is 1.73 bits per heavy atom. The molecule has 2 amide bonds. The molecule has 0 bridgehead atoms. The monoisotopic (exact) mass is 446 g/mol. The molecule has 0 radical (unpaired) electrons. The molecular weight excluding hydrogens is 419 g/mol. The van der Waals surface area contributed by atoms with Crippen LogP contribution >= 0.6 is 0 Å². The predicted octanol–water partition coefficient (Wildman–Crippen LogP) is 2.26. The molecule has 7 nitrogen and oxygen atoms in total. The van der Waals surface area contributed by atoms with Crippen LogP contribution < -0.4 is 10.6 Å². The maximum Gasteiger partial charge on any atom is 0.475 e. The summed E-state index contributed by atoms with van der Waals surface area (Å²) in [5.41, 5.74) is 2.50. The second kappa shape index (κ2) is 12.4. The molecule has 3 aromatic rings. The van der Waals surface area contributed by atoms with Gasteiger partial charge in [-0.25, -0.2) is 4.79 Å². The van der Waals surface area contributed by atoms with Gasteiger partial charge in [0.15, 0.2) is 0 Å². The Kier molecular flexibility index (Phi) is 9.05. The van der Waals surface area contributed by atoms with Crippen LogP contribution in [0.5, 0.6) is 0 Å². The van der Waals surface area contributed by atoms with Crippen LogP contribution in [0.1, 0.15) is 16.7 Å². The van der Waals surface area contributed by atoms with Gasteiger partial charge in [0.25, 0.3) is 0 Å². The lowest BCUT2D eigenvalue weighted by atomic mass is 9.75. The molecule has 0 saturated heterocycles. The minimum atomic E-state index is -1.77. The zero-order valence-electron chi connectivity index (χ0n) is 18.1. The Balaban J connectivity index is 1.67. The molecule has 170 valence electrons. The van der Waals surface area contributed by atoms with Crippen LogP contribution in [-0.4, -0.2) is 41.1 Å². The number of ether oxygens (including phenoxy) is 1. The number of rotatable bonds is 10. The molecule has 0 spiro atoms. The third-order valence-electron chi connectivity index (χ3n) is 5.09. The second-order valence-corrected chi connectivity index (χ2v) is 7.67. The molecule has 0 aliphatic heterocycles. The molecule has 2 atom stereocenters. The van der Waals surface area contributed by atoms with Crippen LogP contribution in [0, 0.1) is 0 Å². The van der Waals surface area contributed by atoms with E-state index < -0.39 is 31.1 Å². The molecule has 0 heterocycles. The molecule has 8 heteroatoms. The Labute approximate surface area is 193 Å². The molecule has 2 unspecified atom stereocenters. The molecule has 3 rings (SSSR count). The van der Waals surface area contributed by atoms with Gasteiger partial charge in [0.2, 0.25) is 5.91 Å². The zero-order valence-corrected chi connectivity index (χ0v) is 18.1. The van der Waals surface area contributed by atoms with Gasteiger partial charge in [-0.2, -0.15) is 0 Å². The van der Waals surface area contributed by atoms with Crippen molar-refractivity contribution in [3.63, 3.8) is 0 Å². The van der Waals surface area contributed by atoms with Crippen molar-refractivity contribution in [2.24, 2.45) is 0 Å². The summed E-state index contributed by atoms with van der Waals surface area (Å²) < 4.78 is 5.27. The normalized spacial score (nSPS) is 12.3. The number of amides is 2. The van der Waals surface area contributed by atoms with Gasteiger partial charge in [0.1, 0.15) is 12.6 Å². The van der Waals surface area contributed by atoms with Gasteiger partial charge in [0.05, 0.1) is 5.94 Å². The van der Waals surface area contributed by atoms with E-state index in [0.29, 0.717) is 0 Å². The number of benzene rings is 3. The first-order chi connectivity index (χ1) is 16.0. The summed E-state index contributed by atoms with van der Waals surface area (Å²) in [5.74, 6) is -1.48. The maximum absolute atomic E-state index is 13.1. The number of carbonyl (C=O) groups excluding carboxylic acids is 2. The summed E-state index contributed by atoms with van der Waals surface area (Å²) in [7, 11) is -1.77. The van der Waals surface area contributed by atoms with E-state index in [2.05, 4.69) is 10.6 Å². The molecule has 33 heavy (non-hydrogen) atoms. The van der Waals surface area contributed by atoms with Gasteiger partial charge in [0, 0.05) is 6.42 Å². The summed E-state index contributed by atoms with van der Waals surface area (Å²) in [6, 6.07) is 26.7. The molecule has 0 aliphatic carbocycles. The largest absolute Gasteiger partial charge is 0.475 e. The minimum Gasteiger partial charge on any atom is -0.445 e. The Morgan fingerprint density at radius 2 is 1.21 bits per heavy atom. The fraction of sp³-hybridized carbons (Fsp3) is 0.200. The lowest BCUT2D eigenvalue weighted by molar-refractivity contribution is -0.123. The maximum atomic E-state index is 13.1. The molecular formula is C25H27BN2O5. The first-order valence-electron chi connectivity index (χ1n) is 10.7. The van der Waals surface area contributed by atoms with Crippen LogP contribution in [0.4, 0.5) is 4.79 Å². The zero-order chi connectivity index (χ0) is 23.5. The smallest absolute Gasteiger partial charge is 0.445 e. The minimum absolute atomic E-state index is 0.0678. The highest BCUT2D eigenvalue weighted by molar-refractivity contribution is 6.43. The standard InChI is InChI=1S/C25H27BN2O5/c29-24(28-23(26(31)32)17-20-12-6-2-7-13-20)22(16-19-10-4-1-5-11-19)27-25(30)33-18-21-14-8-3-9-15-21/h1-15,22-23,31-32H,16-18H2,(H,27,30)(H,28,29). The summed E-state index contributed by atoms with van der Waals surface area (Å²) in [6.07, 6.45) is -0.299.